The Balaban J connectivity index is 1.75. The predicted octanol–water partition coefficient (Wildman–Crippen LogP) is 4.68. The van der Waals surface area contributed by atoms with Crippen molar-refractivity contribution in [3.8, 4) is 11.5 Å². The Morgan fingerprint density at radius 3 is 2.17 bits per heavy atom. The minimum atomic E-state index is -0.656. The maximum absolute atomic E-state index is 13.4. The number of hydrogen-bond acceptors (Lipinski definition) is 4. The summed E-state index contributed by atoms with van der Waals surface area (Å²) in [6.07, 6.45) is 1.03. The third-order valence-electron chi connectivity index (χ3n) is 5.78. The van der Waals surface area contributed by atoms with E-state index in [1.807, 2.05) is 60.7 Å². The first-order valence-corrected chi connectivity index (χ1v) is 11.8. The van der Waals surface area contributed by atoms with E-state index in [9.17, 15) is 9.59 Å². The van der Waals surface area contributed by atoms with Gasteiger partial charge in [0.2, 0.25) is 11.8 Å². The number of carbonyl (C=O) groups excluding carboxylic acids is 2. The Labute approximate surface area is 211 Å². The zero-order valence-corrected chi connectivity index (χ0v) is 21.0. The van der Waals surface area contributed by atoms with Gasteiger partial charge >= 0.3 is 0 Å². The fourth-order valence-electron chi connectivity index (χ4n) is 3.89. The molecule has 0 fully saturated rings. The van der Waals surface area contributed by atoms with E-state index >= 15 is 0 Å². The highest BCUT2D eigenvalue weighted by atomic mass is 35.5. The van der Waals surface area contributed by atoms with Crippen LogP contribution in [0.4, 0.5) is 0 Å². The van der Waals surface area contributed by atoms with Crippen LogP contribution in [0.3, 0.4) is 0 Å². The van der Waals surface area contributed by atoms with E-state index in [4.69, 9.17) is 21.1 Å². The number of halogens is 1. The maximum Gasteiger partial charge on any atom is 0.243 e. The van der Waals surface area contributed by atoms with Gasteiger partial charge in [-0.2, -0.15) is 0 Å². The van der Waals surface area contributed by atoms with Gasteiger partial charge in [-0.25, -0.2) is 0 Å². The van der Waals surface area contributed by atoms with Gasteiger partial charge in [0.15, 0.2) is 11.5 Å². The lowest BCUT2D eigenvalue weighted by atomic mass is 10.0. The Bertz CT molecular complexity index is 1120. The molecule has 1 atom stereocenters. The summed E-state index contributed by atoms with van der Waals surface area (Å²) in [5.74, 6) is 0.931. The number of methoxy groups -OCH3 is 2. The topological polar surface area (TPSA) is 67.9 Å². The summed E-state index contributed by atoms with van der Waals surface area (Å²) in [4.78, 5) is 27.7. The summed E-state index contributed by atoms with van der Waals surface area (Å²) < 4.78 is 10.7. The fraction of sp³-hybridized carbons (Fsp3) is 0.286. The zero-order valence-electron chi connectivity index (χ0n) is 20.3. The Morgan fingerprint density at radius 2 is 1.54 bits per heavy atom. The number of nitrogens with one attached hydrogen (secondary N) is 1. The van der Waals surface area contributed by atoms with E-state index < -0.39 is 6.04 Å². The number of ether oxygens (including phenoxy) is 2. The van der Waals surface area contributed by atoms with Gasteiger partial charge in [-0.05, 0) is 47.4 Å². The second-order valence-electron chi connectivity index (χ2n) is 8.21. The molecule has 6 nitrogen and oxygen atoms in total. The lowest BCUT2D eigenvalue weighted by Gasteiger charge is -2.30. The van der Waals surface area contributed by atoms with E-state index in [1.165, 1.54) is 6.92 Å². The van der Waals surface area contributed by atoms with Crippen molar-refractivity contribution in [2.24, 2.45) is 0 Å². The Morgan fingerprint density at radius 1 is 0.886 bits per heavy atom. The van der Waals surface area contributed by atoms with Crippen molar-refractivity contribution in [1.82, 2.24) is 10.2 Å². The van der Waals surface area contributed by atoms with Crippen LogP contribution in [0.25, 0.3) is 0 Å². The molecule has 0 radical (unpaired) electrons. The van der Waals surface area contributed by atoms with Crippen molar-refractivity contribution in [2.75, 3.05) is 20.8 Å². The summed E-state index contributed by atoms with van der Waals surface area (Å²) in [6.45, 7) is 2.23. The lowest BCUT2D eigenvalue weighted by Crippen LogP contribution is -2.50. The van der Waals surface area contributed by atoms with Gasteiger partial charge in [0.1, 0.15) is 6.04 Å². The molecule has 184 valence electrons. The molecule has 0 unspecified atom stereocenters. The molecule has 0 saturated heterocycles. The first-order valence-electron chi connectivity index (χ1n) is 11.5. The van der Waals surface area contributed by atoms with Crippen molar-refractivity contribution in [3.05, 3.63) is 94.5 Å². The van der Waals surface area contributed by atoms with E-state index in [2.05, 4.69) is 5.32 Å². The largest absolute Gasteiger partial charge is 0.493 e. The van der Waals surface area contributed by atoms with Crippen LogP contribution >= 0.6 is 11.6 Å². The Kier molecular flexibility index (Phi) is 9.56. The number of carbonyl (C=O) groups is 2. The van der Waals surface area contributed by atoms with Crippen LogP contribution in [0.2, 0.25) is 5.02 Å². The smallest absolute Gasteiger partial charge is 0.243 e. The average molecular weight is 495 g/mol. The first kappa shape index (κ1) is 26.1. The van der Waals surface area contributed by atoms with Crippen molar-refractivity contribution >= 4 is 23.4 Å². The molecular formula is C28H31ClN2O4. The van der Waals surface area contributed by atoms with Gasteiger partial charge in [-0.1, -0.05) is 60.1 Å². The van der Waals surface area contributed by atoms with Gasteiger partial charge in [-0.15, -0.1) is 0 Å². The maximum atomic E-state index is 13.4. The van der Waals surface area contributed by atoms with Crippen molar-refractivity contribution in [3.63, 3.8) is 0 Å². The summed E-state index contributed by atoms with van der Waals surface area (Å²) >= 11 is 6.02. The van der Waals surface area contributed by atoms with Gasteiger partial charge in [0.25, 0.3) is 0 Å². The summed E-state index contributed by atoms with van der Waals surface area (Å²) in [5.41, 5.74) is 2.89. The molecule has 2 amide bonds. The summed E-state index contributed by atoms with van der Waals surface area (Å²) in [5, 5.41) is 3.64. The first-order chi connectivity index (χ1) is 16.9. The van der Waals surface area contributed by atoms with E-state index in [-0.39, 0.29) is 11.8 Å². The third kappa shape index (κ3) is 7.49. The number of rotatable bonds is 11. The quantitative estimate of drug-likeness (QED) is 0.420. The molecule has 3 aromatic rings. The van der Waals surface area contributed by atoms with Gasteiger partial charge in [0.05, 0.1) is 14.2 Å². The van der Waals surface area contributed by atoms with E-state index in [0.717, 1.165) is 16.7 Å². The minimum Gasteiger partial charge on any atom is -0.493 e. The van der Waals surface area contributed by atoms with Crippen LogP contribution in [0.15, 0.2) is 72.8 Å². The van der Waals surface area contributed by atoms with E-state index in [1.54, 1.807) is 31.3 Å². The average Bonchev–Trinajstić information content (AvgIpc) is 2.87. The van der Waals surface area contributed by atoms with Gasteiger partial charge < -0.3 is 19.7 Å². The lowest BCUT2D eigenvalue weighted by molar-refractivity contribution is -0.139. The zero-order chi connectivity index (χ0) is 25.2. The summed E-state index contributed by atoms with van der Waals surface area (Å²) in [6, 6.07) is 22.0. The van der Waals surface area contributed by atoms with Crippen LogP contribution < -0.4 is 14.8 Å². The second kappa shape index (κ2) is 12.8. The normalized spacial score (nSPS) is 11.4. The molecule has 35 heavy (non-hydrogen) atoms. The van der Waals surface area contributed by atoms with Crippen molar-refractivity contribution in [1.29, 1.82) is 0 Å². The molecule has 0 spiro atoms. The molecule has 0 aliphatic heterocycles. The van der Waals surface area contributed by atoms with Crippen LogP contribution in [-0.2, 0) is 29.0 Å². The molecular weight excluding hydrogens is 464 g/mol. The molecule has 7 heteroatoms. The minimum absolute atomic E-state index is 0.170. The van der Waals surface area contributed by atoms with Crippen LogP contribution in [0.1, 0.15) is 23.6 Å². The molecule has 0 bridgehead atoms. The number of amides is 2. The van der Waals surface area contributed by atoms with Crippen LogP contribution in [-0.4, -0.2) is 43.5 Å². The van der Waals surface area contributed by atoms with Crippen molar-refractivity contribution in [2.45, 2.75) is 32.4 Å². The molecule has 1 N–H and O–H groups in total. The molecule has 0 heterocycles. The predicted molar refractivity (Wildman–Crippen MR) is 138 cm³/mol. The highest BCUT2D eigenvalue weighted by Crippen LogP contribution is 2.27. The number of hydrogen-bond donors (Lipinski definition) is 1. The third-order valence-corrected chi connectivity index (χ3v) is 6.03. The van der Waals surface area contributed by atoms with Crippen molar-refractivity contribution < 1.29 is 19.1 Å². The highest BCUT2D eigenvalue weighted by Gasteiger charge is 2.28. The second-order valence-corrected chi connectivity index (χ2v) is 8.65. The highest BCUT2D eigenvalue weighted by molar-refractivity contribution is 6.30. The molecule has 0 aliphatic carbocycles. The monoisotopic (exact) mass is 494 g/mol. The molecule has 3 aromatic carbocycles. The number of benzene rings is 3. The van der Waals surface area contributed by atoms with Crippen LogP contribution in [0.5, 0.6) is 11.5 Å². The SMILES string of the molecule is COc1ccc(CCNC(=O)[C@@H](Cc2ccccc2)N(Cc2ccc(Cl)cc2)C(C)=O)cc1OC. The molecule has 3 rings (SSSR count). The number of nitrogens with zero attached hydrogens (tertiary/aromatic N) is 1. The standard InChI is InChI=1S/C28H31ClN2O4/c1-20(32)31(19-23-9-12-24(29)13-10-23)25(17-21-7-5-4-6-8-21)28(33)30-16-15-22-11-14-26(34-2)27(18-22)35-3/h4-14,18,25H,15-17,19H2,1-3H3,(H,30,33)/t25-/m1/s1. The van der Waals surface area contributed by atoms with Gasteiger partial charge in [0, 0.05) is 31.5 Å². The molecule has 0 aromatic heterocycles. The Hall–Kier alpha value is -3.51. The van der Waals surface area contributed by atoms with Gasteiger partial charge in [-0.3, -0.25) is 9.59 Å². The molecule has 0 aliphatic rings. The van der Waals surface area contributed by atoms with Crippen LogP contribution in [0, 0.1) is 0 Å². The molecule has 0 saturated carbocycles. The summed E-state index contributed by atoms with van der Waals surface area (Å²) in [7, 11) is 3.18. The van der Waals surface area contributed by atoms with E-state index in [0.29, 0.717) is 42.5 Å². The fourth-order valence-corrected chi connectivity index (χ4v) is 4.02.